The highest BCUT2D eigenvalue weighted by Gasteiger charge is 2.31. The van der Waals surface area contributed by atoms with E-state index in [4.69, 9.17) is 18.9 Å². The van der Waals surface area contributed by atoms with Crippen LogP contribution in [0.2, 0.25) is 0 Å². The monoisotopic (exact) mass is 1530 g/mol. The number of nitrogens with one attached hydrogen (secondary N) is 2. The van der Waals surface area contributed by atoms with Crippen LogP contribution in [-0.4, -0.2) is 123 Å². The number of carbonyl (C=O) groups is 6. The zero-order valence-electron chi connectivity index (χ0n) is 72.8. The van der Waals surface area contributed by atoms with Crippen LogP contribution in [0.4, 0.5) is 0 Å². The quantitative estimate of drug-likeness (QED) is 0.0256. The average Bonchev–Trinajstić information content (AvgIpc) is 0.873. The van der Waals surface area contributed by atoms with E-state index >= 15 is 0 Å². The molecular formula is C94H180N4O10. The summed E-state index contributed by atoms with van der Waals surface area (Å²) in [5.74, 6) is -0.870. The lowest BCUT2D eigenvalue weighted by molar-refractivity contribution is -0.161. The molecule has 0 heterocycles. The zero-order valence-corrected chi connectivity index (χ0v) is 72.8. The van der Waals surface area contributed by atoms with Gasteiger partial charge in [-0.15, -0.1) is 0 Å². The van der Waals surface area contributed by atoms with E-state index in [1.54, 1.807) is 0 Å². The maximum Gasteiger partial charge on any atom is 0.311 e. The molecule has 0 unspecified atom stereocenters. The number of hydrogen-bond acceptors (Lipinski definition) is 12. The van der Waals surface area contributed by atoms with Gasteiger partial charge in [-0.3, -0.25) is 28.8 Å². The maximum absolute atomic E-state index is 13.8. The second kappa shape index (κ2) is 81.5. The molecule has 0 radical (unpaired) electrons. The van der Waals surface area contributed by atoms with Crippen LogP contribution in [0.3, 0.4) is 0 Å². The molecule has 0 aliphatic rings. The average molecular weight is 1530 g/mol. The lowest BCUT2D eigenvalue weighted by atomic mass is 9.86. The molecule has 636 valence electrons. The molecule has 0 aromatic heterocycles. The predicted octanol–water partition coefficient (Wildman–Crippen LogP) is 25.8. The summed E-state index contributed by atoms with van der Waals surface area (Å²) in [5.41, 5.74) is -0.527. The molecule has 0 bridgehead atoms. The summed E-state index contributed by atoms with van der Waals surface area (Å²) >= 11 is 0. The molecule has 0 rings (SSSR count). The number of hydrogen-bond donors (Lipinski definition) is 2. The maximum atomic E-state index is 13.8. The Hall–Kier alpha value is -3.52. The van der Waals surface area contributed by atoms with E-state index in [0.29, 0.717) is 58.7 Å². The van der Waals surface area contributed by atoms with Crippen LogP contribution in [0, 0.1) is 5.41 Å². The highest BCUT2D eigenvalue weighted by molar-refractivity contribution is 5.96. The Morgan fingerprint density at radius 1 is 0.287 bits per heavy atom. The van der Waals surface area contributed by atoms with Crippen molar-refractivity contribution in [1.29, 1.82) is 0 Å². The summed E-state index contributed by atoms with van der Waals surface area (Å²) in [6.45, 7) is 24.5. The minimum absolute atomic E-state index is 0.0153. The van der Waals surface area contributed by atoms with Crippen LogP contribution in [0.1, 0.15) is 473 Å². The van der Waals surface area contributed by atoms with Crippen molar-refractivity contribution in [3.63, 3.8) is 0 Å². The van der Waals surface area contributed by atoms with Crippen molar-refractivity contribution in [1.82, 2.24) is 20.4 Å². The van der Waals surface area contributed by atoms with Crippen LogP contribution in [0.25, 0.3) is 0 Å². The van der Waals surface area contributed by atoms with Crippen molar-refractivity contribution in [3.05, 3.63) is 12.2 Å². The molecule has 2 N–H and O–H groups in total. The van der Waals surface area contributed by atoms with Crippen molar-refractivity contribution in [3.8, 4) is 0 Å². The second-order valence-electron chi connectivity index (χ2n) is 33.2. The van der Waals surface area contributed by atoms with Crippen LogP contribution in [0.15, 0.2) is 12.2 Å². The molecule has 0 aliphatic heterocycles. The highest BCUT2D eigenvalue weighted by Crippen LogP contribution is 2.29. The van der Waals surface area contributed by atoms with E-state index in [9.17, 15) is 28.8 Å². The lowest BCUT2D eigenvalue weighted by Crippen LogP contribution is -2.36. The number of nitrogens with zero attached hydrogens (tertiary/aromatic N) is 2. The Bertz CT molecular complexity index is 2000. The van der Waals surface area contributed by atoms with Crippen molar-refractivity contribution in [2.75, 3.05) is 65.6 Å². The van der Waals surface area contributed by atoms with Crippen molar-refractivity contribution >= 4 is 35.7 Å². The summed E-state index contributed by atoms with van der Waals surface area (Å²) in [6, 6.07) is 0. The molecule has 14 heteroatoms. The van der Waals surface area contributed by atoms with Gasteiger partial charge in [0.25, 0.3) is 0 Å². The minimum Gasteiger partial charge on any atom is -0.466 e. The fourth-order valence-corrected chi connectivity index (χ4v) is 14.7. The van der Waals surface area contributed by atoms with Crippen molar-refractivity contribution in [2.24, 2.45) is 5.41 Å². The van der Waals surface area contributed by atoms with Crippen LogP contribution in [-0.2, 0) is 47.7 Å². The van der Waals surface area contributed by atoms with Gasteiger partial charge in [-0.1, -0.05) is 324 Å². The van der Waals surface area contributed by atoms with Gasteiger partial charge in [-0.25, -0.2) is 0 Å². The molecule has 0 fully saturated rings. The Labute approximate surface area is 668 Å². The first kappa shape index (κ1) is 104. The molecule has 108 heavy (non-hydrogen) atoms. The summed E-state index contributed by atoms with van der Waals surface area (Å²) in [5, 5.41) is 6.06. The molecule has 2 amide bonds. The highest BCUT2D eigenvalue weighted by atomic mass is 16.6. The van der Waals surface area contributed by atoms with Crippen LogP contribution in [0.5, 0.6) is 0 Å². The lowest BCUT2D eigenvalue weighted by Gasteiger charge is -2.27. The van der Waals surface area contributed by atoms with Gasteiger partial charge in [0, 0.05) is 57.6 Å². The van der Waals surface area contributed by atoms with E-state index in [1.807, 2.05) is 0 Å². The third-order valence-electron chi connectivity index (χ3n) is 22.1. The smallest absolute Gasteiger partial charge is 0.311 e. The fourth-order valence-electron chi connectivity index (χ4n) is 14.7. The summed E-state index contributed by atoms with van der Waals surface area (Å²) in [6.07, 6.45) is 75.3. The van der Waals surface area contributed by atoms with Gasteiger partial charge in [-0.05, 0) is 156 Å². The van der Waals surface area contributed by atoms with Crippen molar-refractivity contribution in [2.45, 2.75) is 485 Å². The normalized spacial score (nSPS) is 11.9. The first-order chi connectivity index (χ1) is 52.7. The number of unbranched alkanes of at least 4 members (excludes halogenated alkanes) is 47. The van der Waals surface area contributed by atoms with Gasteiger partial charge in [0.15, 0.2) is 0 Å². The van der Waals surface area contributed by atoms with Gasteiger partial charge in [-0.2, -0.15) is 0 Å². The Morgan fingerprint density at radius 2 is 0.537 bits per heavy atom. The van der Waals surface area contributed by atoms with E-state index in [0.717, 1.165) is 206 Å². The van der Waals surface area contributed by atoms with Gasteiger partial charge >= 0.3 is 23.9 Å². The predicted molar refractivity (Wildman–Crippen MR) is 458 cm³/mol. The summed E-state index contributed by atoms with van der Waals surface area (Å²) < 4.78 is 23.7. The van der Waals surface area contributed by atoms with E-state index < -0.39 is 5.41 Å². The third kappa shape index (κ3) is 73.9. The number of esters is 4. The Balaban J connectivity index is 5.57. The molecule has 0 aromatic carbocycles. The number of carbonyl (C=O) groups excluding carboxylic acids is 6. The fraction of sp³-hybridized carbons (Fsp3) is 0.915. The summed E-state index contributed by atoms with van der Waals surface area (Å²) in [7, 11) is 0. The molecule has 0 aliphatic carbocycles. The third-order valence-corrected chi connectivity index (χ3v) is 22.1. The molecular weight excluding hydrogens is 1350 g/mol. The second-order valence-corrected chi connectivity index (χ2v) is 33.2. The van der Waals surface area contributed by atoms with Gasteiger partial charge in [0.2, 0.25) is 11.8 Å². The Morgan fingerprint density at radius 3 is 0.861 bits per heavy atom. The number of ether oxygens (including phenoxy) is 4. The first-order valence-corrected chi connectivity index (χ1v) is 47.1. The summed E-state index contributed by atoms with van der Waals surface area (Å²) in [4.78, 5) is 83.3. The minimum atomic E-state index is -0.527. The standard InChI is InChI=1S/C94H180N4O10/c1-9-15-21-27-33-35-37-48-64-84-105-90(101)70-57-50-62-80-97(78-60-46-39-44-56-72-92(103)107-86(66-52-40-29-23-17-11-3)67-53-41-30-24-18-12-4)82-76-95-88(99)73-74-89(100)96-77-83-98(81-63-51-58-71-91(102)106-85-65-49-38-36-34-28-22-16-10-2)79-61-47-45-59-75-94(7,8)93(104)108-87(68-54-42-31-25-19-13-5)69-55-43-32-26-20-14-6/h73-74,86-87H,9-72,75-85H2,1-8H3,(H,95,99)(H,96,100)/b74-73+. The largest absolute Gasteiger partial charge is 0.466 e. The molecule has 0 saturated carbocycles. The molecule has 0 saturated heterocycles. The van der Waals surface area contributed by atoms with Crippen LogP contribution < -0.4 is 10.6 Å². The van der Waals surface area contributed by atoms with Crippen molar-refractivity contribution < 1.29 is 47.7 Å². The van der Waals surface area contributed by atoms with E-state index in [-0.39, 0.29) is 47.9 Å². The Kier molecular flexibility index (Phi) is 78.8. The van der Waals surface area contributed by atoms with Crippen LogP contribution >= 0.6 is 0 Å². The van der Waals surface area contributed by atoms with Gasteiger partial charge in [0.05, 0.1) is 18.6 Å². The van der Waals surface area contributed by atoms with E-state index in [1.165, 1.54) is 230 Å². The first-order valence-electron chi connectivity index (χ1n) is 47.1. The van der Waals surface area contributed by atoms with Gasteiger partial charge < -0.3 is 39.4 Å². The molecule has 0 atom stereocenters. The molecule has 14 nitrogen and oxygen atoms in total. The number of rotatable bonds is 86. The number of amides is 2. The molecule has 0 spiro atoms. The zero-order chi connectivity index (χ0) is 79.0. The van der Waals surface area contributed by atoms with Gasteiger partial charge in [0.1, 0.15) is 12.2 Å². The molecule has 0 aromatic rings. The topological polar surface area (TPSA) is 170 Å². The SMILES string of the molecule is CCCCCCCCCCCOC(=O)CCCCCN(CCCCCCCC(=O)OC(CCCCCCCC)CCCCCCCC)CCNC(=O)/C=C/C(=O)NCCN(CCCCCCC(C)(C)C(=O)OC(CCCCCCCC)CCCCCCCC)CCCCCC(=O)OCCCCCCCCCCC. The van der Waals surface area contributed by atoms with E-state index in [2.05, 4.69) is 75.8 Å².